The Morgan fingerprint density at radius 3 is 1.77 bits per heavy atom. The third kappa shape index (κ3) is 7.23. The maximum absolute atomic E-state index is 4.53. The second kappa shape index (κ2) is 12.1. The molecule has 0 fully saturated rings. The Hall–Kier alpha value is -4.52. The Morgan fingerprint density at radius 1 is 0.657 bits per heavy atom. The van der Waals surface area contributed by atoms with Crippen molar-refractivity contribution in [3.8, 4) is 0 Å². The van der Waals surface area contributed by atoms with Crippen molar-refractivity contribution in [3.05, 3.63) is 107 Å². The molecular weight excluding hydrogens is 434 g/mol. The Labute approximate surface area is 206 Å². The fraction of sp³-hybridized carbons (Fsp3) is 0.143. The minimum absolute atomic E-state index is 0.345. The number of para-hydroxylation sites is 1. The summed E-state index contributed by atoms with van der Waals surface area (Å²) >= 11 is 0. The van der Waals surface area contributed by atoms with E-state index in [1.54, 1.807) is 18.5 Å². The van der Waals surface area contributed by atoms with Gasteiger partial charge in [-0.15, -0.1) is 0 Å². The predicted octanol–water partition coefficient (Wildman–Crippen LogP) is 6.24. The molecule has 0 radical (unpaired) electrons. The fourth-order valence-corrected chi connectivity index (χ4v) is 3.30. The Bertz CT molecular complexity index is 1190. The molecule has 0 spiro atoms. The van der Waals surface area contributed by atoms with Gasteiger partial charge >= 0.3 is 0 Å². The van der Waals surface area contributed by atoms with Crippen molar-refractivity contribution in [2.75, 3.05) is 16.2 Å². The fourth-order valence-electron chi connectivity index (χ4n) is 3.30. The number of hydrogen-bond acceptors (Lipinski definition) is 7. The first-order valence-corrected chi connectivity index (χ1v) is 11.7. The first-order chi connectivity index (χ1) is 17.2. The summed E-state index contributed by atoms with van der Waals surface area (Å²) in [5, 5.41) is 11.9. The van der Waals surface area contributed by atoms with Gasteiger partial charge in [0, 0.05) is 11.8 Å². The van der Waals surface area contributed by atoms with Crippen molar-refractivity contribution in [2.24, 2.45) is 10.2 Å². The summed E-state index contributed by atoms with van der Waals surface area (Å²) in [7, 11) is 0. The second-order valence-corrected chi connectivity index (χ2v) is 7.88. The topological polar surface area (TPSA) is 86.6 Å². The van der Waals surface area contributed by atoms with Gasteiger partial charge in [-0.2, -0.15) is 20.2 Å². The van der Waals surface area contributed by atoms with E-state index in [0.717, 1.165) is 29.7 Å². The molecule has 4 aromatic rings. The number of anilines is 4. The van der Waals surface area contributed by atoms with E-state index in [1.807, 2.05) is 54.6 Å². The summed E-state index contributed by atoms with van der Waals surface area (Å²) in [6.45, 7) is 4.27. The summed E-state index contributed by atoms with van der Waals surface area (Å²) in [4.78, 5) is 9.02. The van der Waals surface area contributed by atoms with Crippen molar-refractivity contribution in [1.82, 2.24) is 9.97 Å². The zero-order valence-corrected chi connectivity index (χ0v) is 19.9. The van der Waals surface area contributed by atoms with E-state index in [9.17, 15) is 0 Å². The van der Waals surface area contributed by atoms with Crippen molar-refractivity contribution in [1.29, 1.82) is 0 Å². The summed E-state index contributed by atoms with van der Waals surface area (Å²) < 4.78 is 0. The molecule has 35 heavy (non-hydrogen) atoms. The van der Waals surface area contributed by atoms with Gasteiger partial charge in [-0.1, -0.05) is 80.6 Å². The molecular formula is C28H29N7. The van der Waals surface area contributed by atoms with Crippen LogP contribution in [0.2, 0.25) is 0 Å². The lowest BCUT2D eigenvalue weighted by atomic mass is 10.1. The molecule has 176 valence electrons. The molecule has 0 bridgehead atoms. The molecule has 0 amide bonds. The van der Waals surface area contributed by atoms with Crippen LogP contribution in [0.25, 0.3) is 0 Å². The molecule has 0 aliphatic heterocycles. The van der Waals surface area contributed by atoms with E-state index in [0.29, 0.717) is 17.6 Å². The van der Waals surface area contributed by atoms with Gasteiger partial charge in [0.1, 0.15) is 5.82 Å². The molecule has 7 heteroatoms. The predicted molar refractivity (Wildman–Crippen MR) is 146 cm³/mol. The van der Waals surface area contributed by atoms with Crippen molar-refractivity contribution >= 4 is 35.7 Å². The SMILES string of the molecule is CCc1ccc(C=NNc2cc(Nc3ccccc3)nc(NN=Cc3ccc(CC)cc3)n2)cc1. The highest BCUT2D eigenvalue weighted by Gasteiger charge is 2.05. The normalized spacial score (nSPS) is 11.1. The summed E-state index contributed by atoms with van der Waals surface area (Å²) in [5.74, 6) is 1.49. The molecule has 7 nitrogen and oxygen atoms in total. The van der Waals surface area contributed by atoms with Crippen LogP contribution in [-0.4, -0.2) is 22.4 Å². The smallest absolute Gasteiger partial charge is 0.247 e. The first kappa shape index (κ1) is 23.6. The van der Waals surface area contributed by atoms with Crippen LogP contribution < -0.4 is 16.2 Å². The van der Waals surface area contributed by atoms with Gasteiger partial charge in [0.15, 0.2) is 5.82 Å². The van der Waals surface area contributed by atoms with Crippen LogP contribution in [0.1, 0.15) is 36.1 Å². The van der Waals surface area contributed by atoms with Crippen LogP contribution in [0, 0.1) is 0 Å². The van der Waals surface area contributed by atoms with Crippen LogP contribution in [0.15, 0.2) is 95.1 Å². The molecule has 0 unspecified atom stereocenters. The highest BCUT2D eigenvalue weighted by molar-refractivity contribution is 5.81. The summed E-state index contributed by atoms with van der Waals surface area (Å²) in [6.07, 6.45) is 5.52. The molecule has 1 heterocycles. The van der Waals surface area contributed by atoms with Crippen LogP contribution in [-0.2, 0) is 12.8 Å². The third-order valence-electron chi connectivity index (χ3n) is 5.32. The molecule has 0 saturated carbocycles. The highest BCUT2D eigenvalue weighted by atomic mass is 15.4. The molecule has 0 saturated heterocycles. The molecule has 3 aromatic carbocycles. The maximum atomic E-state index is 4.53. The average molecular weight is 464 g/mol. The quantitative estimate of drug-likeness (QED) is 0.191. The lowest BCUT2D eigenvalue weighted by molar-refractivity contribution is 1.10. The summed E-state index contributed by atoms with van der Waals surface area (Å²) in [6, 6.07) is 28.2. The largest absolute Gasteiger partial charge is 0.340 e. The van der Waals surface area contributed by atoms with Crippen molar-refractivity contribution < 1.29 is 0 Å². The van der Waals surface area contributed by atoms with Gasteiger partial charge in [-0.05, 0) is 47.2 Å². The minimum atomic E-state index is 0.345. The van der Waals surface area contributed by atoms with Gasteiger partial charge in [-0.25, -0.2) is 5.43 Å². The third-order valence-corrected chi connectivity index (χ3v) is 5.32. The molecule has 0 atom stereocenters. The van der Waals surface area contributed by atoms with Crippen LogP contribution in [0.5, 0.6) is 0 Å². The van der Waals surface area contributed by atoms with Gasteiger partial charge < -0.3 is 5.32 Å². The summed E-state index contributed by atoms with van der Waals surface area (Å²) in [5.41, 5.74) is 11.4. The van der Waals surface area contributed by atoms with E-state index < -0.39 is 0 Å². The van der Waals surface area contributed by atoms with Gasteiger partial charge in [0.2, 0.25) is 5.95 Å². The highest BCUT2D eigenvalue weighted by Crippen LogP contribution is 2.19. The molecule has 3 N–H and O–H groups in total. The number of nitrogens with one attached hydrogen (secondary N) is 3. The number of aryl methyl sites for hydroxylation is 2. The van der Waals surface area contributed by atoms with E-state index in [4.69, 9.17) is 0 Å². The Morgan fingerprint density at radius 2 is 1.20 bits per heavy atom. The molecule has 1 aromatic heterocycles. The molecule has 4 rings (SSSR count). The van der Waals surface area contributed by atoms with Crippen LogP contribution in [0.4, 0.5) is 23.3 Å². The lowest BCUT2D eigenvalue weighted by Crippen LogP contribution is -2.04. The van der Waals surface area contributed by atoms with Gasteiger partial charge in [-0.3, -0.25) is 5.43 Å². The lowest BCUT2D eigenvalue weighted by Gasteiger charge is -2.09. The number of aromatic nitrogens is 2. The van der Waals surface area contributed by atoms with Gasteiger partial charge in [0.05, 0.1) is 12.4 Å². The average Bonchev–Trinajstić information content (AvgIpc) is 2.90. The number of rotatable bonds is 10. The standard InChI is InChI=1S/C28H29N7/c1-3-21-10-14-23(15-11-21)19-29-34-27-18-26(31-25-8-6-5-7-9-25)32-28(33-27)35-30-20-24-16-12-22(4-2)13-17-24/h5-20H,3-4H2,1-2H3,(H3,31,32,33,34,35). The second-order valence-electron chi connectivity index (χ2n) is 7.88. The van der Waals surface area contributed by atoms with Crippen molar-refractivity contribution in [2.45, 2.75) is 26.7 Å². The van der Waals surface area contributed by atoms with Gasteiger partial charge in [0.25, 0.3) is 0 Å². The van der Waals surface area contributed by atoms with E-state index in [2.05, 4.69) is 74.5 Å². The van der Waals surface area contributed by atoms with Crippen LogP contribution >= 0.6 is 0 Å². The van der Waals surface area contributed by atoms with E-state index in [1.165, 1.54) is 11.1 Å². The number of hydrogen-bond donors (Lipinski definition) is 3. The maximum Gasteiger partial charge on any atom is 0.247 e. The first-order valence-electron chi connectivity index (χ1n) is 11.7. The zero-order chi connectivity index (χ0) is 24.3. The van der Waals surface area contributed by atoms with E-state index in [-0.39, 0.29) is 0 Å². The van der Waals surface area contributed by atoms with Crippen molar-refractivity contribution in [3.63, 3.8) is 0 Å². The number of hydrazone groups is 2. The van der Waals surface area contributed by atoms with Crippen LogP contribution in [0.3, 0.4) is 0 Å². The van der Waals surface area contributed by atoms with E-state index >= 15 is 0 Å². The number of nitrogens with zero attached hydrogens (tertiary/aromatic N) is 4. The Balaban J connectivity index is 1.49. The Kier molecular flexibility index (Phi) is 8.16. The zero-order valence-electron chi connectivity index (χ0n) is 19.9. The minimum Gasteiger partial charge on any atom is -0.340 e. The number of benzene rings is 3. The monoisotopic (exact) mass is 463 g/mol. The molecule has 0 aliphatic carbocycles. The molecule has 0 aliphatic rings.